The molecule has 0 aromatic carbocycles. The largest absolute Gasteiger partial charge is 0.316 e. The molecule has 0 aromatic rings. The van der Waals surface area contributed by atoms with Gasteiger partial charge in [0.2, 0.25) is 0 Å². The fourth-order valence-corrected chi connectivity index (χ4v) is 3.53. The van der Waals surface area contributed by atoms with E-state index in [9.17, 15) is 0 Å². The highest BCUT2D eigenvalue weighted by Crippen LogP contribution is 2.66. The molecular formula is C10H17N. The van der Waals surface area contributed by atoms with E-state index in [1.165, 1.54) is 51.6 Å². The van der Waals surface area contributed by atoms with Crippen LogP contribution in [0.3, 0.4) is 0 Å². The number of hydrogen-bond donors (Lipinski definition) is 1. The first kappa shape index (κ1) is 6.47. The lowest BCUT2D eigenvalue weighted by atomic mass is 9.74. The monoisotopic (exact) mass is 151 g/mol. The second kappa shape index (κ2) is 1.82. The van der Waals surface area contributed by atoms with Crippen molar-refractivity contribution in [1.82, 2.24) is 5.32 Å². The van der Waals surface area contributed by atoms with E-state index in [1.807, 2.05) is 0 Å². The molecule has 0 radical (unpaired) electrons. The predicted molar refractivity (Wildman–Crippen MR) is 45.4 cm³/mol. The summed E-state index contributed by atoms with van der Waals surface area (Å²) < 4.78 is 0. The predicted octanol–water partition coefficient (Wildman–Crippen LogP) is 1.93. The lowest BCUT2D eigenvalue weighted by Crippen LogP contribution is -2.27. The molecule has 3 fully saturated rings. The molecular weight excluding hydrogens is 134 g/mol. The first-order chi connectivity index (χ1) is 5.37. The third kappa shape index (κ3) is 0.658. The van der Waals surface area contributed by atoms with Gasteiger partial charge in [-0.25, -0.2) is 0 Å². The van der Waals surface area contributed by atoms with Crippen molar-refractivity contribution in [2.75, 3.05) is 13.1 Å². The standard InChI is InChI=1S/C10H17N/c1-2-4-9(3-1)7-11-8-10(9)5-6-10/h11H,1-8H2. The van der Waals surface area contributed by atoms with Gasteiger partial charge >= 0.3 is 0 Å². The highest BCUT2D eigenvalue weighted by Gasteiger charge is 2.61. The molecule has 0 unspecified atom stereocenters. The van der Waals surface area contributed by atoms with Gasteiger partial charge in [0, 0.05) is 13.1 Å². The molecule has 3 aliphatic rings. The second-order valence-electron chi connectivity index (χ2n) is 4.87. The van der Waals surface area contributed by atoms with Crippen LogP contribution in [0.5, 0.6) is 0 Å². The lowest BCUT2D eigenvalue weighted by Gasteiger charge is -2.29. The molecule has 1 N–H and O–H groups in total. The van der Waals surface area contributed by atoms with E-state index in [-0.39, 0.29) is 0 Å². The van der Waals surface area contributed by atoms with Crippen LogP contribution < -0.4 is 5.32 Å². The molecule has 2 spiro atoms. The molecule has 2 saturated carbocycles. The number of rotatable bonds is 0. The van der Waals surface area contributed by atoms with Gasteiger partial charge in [0.15, 0.2) is 0 Å². The van der Waals surface area contributed by atoms with Crippen molar-refractivity contribution in [1.29, 1.82) is 0 Å². The Balaban J connectivity index is 1.94. The third-order valence-electron chi connectivity index (χ3n) is 4.47. The Morgan fingerprint density at radius 2 is 1.27 bits per heavy atom. The van der Waals surface area contributed by atoms with Gasteiger partial charge in [-0.2, -0.15) is 0 Å². The summed E-state index contributed by atoms with van der Waals surface area (Å²) in [5, 5.41) is 3.61. The van der Waals surface area contributed by atoms with Gasteiger partial charge < -0.3 is 5.32 Å². The smallest absolute Gasteiger partial charge is 0.00139 e. The van der Waals surface area contributed by atoms with Crippen LogP contribution in [0.25, 0.3) is 0 Å². The molecule has 3 rings (SSSR count). The van der Waals surface area contributed by atoms with Crippen molar-refractivity contribution in [3.63, 3.8) is 0 Å². The molecule has 1 nitrogen and oxygen atoms in total. The van der Waals surface area contributed by atoms with Gasteiger partial charge in [-0.05, 0) is 36.5 Å². The zero-order chi connectivity index (χ0) is 7.36. The molecule has 0 amide bonds. The Labute approximate surface area is 68.6 Å². The maximum absolute atomic E-state index is 3.61. The summed E-state index contributed by atoms with van der Waals surface area (Å²) in [5.74, 6) is 0. The zero-order valence-corrected chi connectivity index (χ0v) is 7.16. The van der Waals surface area contributed by atoms with E-state index in [2.05, 4.69) is 5.32 Å². The SMILES string of the molecule is C1CCC2(C1)CNCC21CC1. The van der Waals surface area contributed by atoms with Crippen molar-refractivity contribution in [2.45, 2.75) is 38.5 Å². The lowest BCUT2D eigenvalue weighted by molar-refractivity contribution is 0.212. The topological polar surface area (TPSA) is 12.0 Å². The van der Waals surface area contributed by atoms with Crippen LogP contribution in [0.1, 0.15) is 38.5 Å². The fraction of sp³-hybridized carbons (Fsp3) is 1.00. The highest BCUT2D eigenvalue weighted by atomic mass is 15.0. The molecule has 1 saturated heterocycles. The van der Waals surface area contributed by atoms with Crippen molar-refractivity contribution < 1.29 is 0 Å². The maximum Gasteiger partial charge on any atom is 0.00139 e. The van der Waals surface area contributed by atoms with E-state index in [1.54, 1.807) is 0 Å². The molecule has 1 heteroatoms. The minimum absolute atomic E-state index is 0.785. The minimum Gasteiger partial charge on any atom is -0.316 e. The van der Waals surface area contributed by atoms with E-state index < -0.39 is 0 Å². The van der Waals surface area contributed by atoms with Crippen LogP contribution in [0, 0.1) is 10.8 Å². The highest BCUT2D eigenvalue weighted by molar-refractivity contribution is 5.14. The number of hydrogen-bond acceptors (Lipinski definition) is 1. The summed E-state index contributed by atoms with van der Waals surface area (Å²) in [7, 11) is 0. The first-order valence-electron chi connectivity index (χ1n) is 5.08. The number of nitrogens with one attached hydrogen (secondary N) is 1. The average Bonchev–Trinajstić information content (AvgIpc) is 2.55. The van der Waals surface area contributed by atoms with Crippen LogP contribution in [0.15, 0.2) is 0 Å². The molecule has 0 atom stereocenters. The molecule has 0 aromatic heterocycles. The fourth-order valence-electron chi connectivity index (χ4n) is 3.53. The van der Waals surface area contributed by atoms with E-state index >= 15 is 0 Å². The van der Waals surface area contributed by atoms with Crippen molar-refractivity contribution in [3.8, 4) is 0 Å². The van der Waals surface area contributed by atoms with Gasteiger partial charge in [-0.1, -0.05) is 12.8 Å². The third-order valence-corrected chi connectivity index (χ3v) is 4.47. The molecule has 2 aliphatic carbocycles. The minimum atomic E-state index is 0.785. The average molecular weight is 151 g/mol. The Bertz CT molecular complexity index is 170. The van der Waals surface area contributed by atoms with Gasteiger partial charge in [0.25, 0.3) is 0 Å². The Morgan fingerprint density at radius 1 is 0.727 bits per heavy atom. The van der Waals surface area contributed by atoms with Gasteiger partial charge in [-0.3, -0.25) is 0 Å². The zero-order valence-electron chi connectivity index (χ0n) is 7.16. The summed E-state index contributed by atoms with van der Waals surface area (Å²) in [6.07, 6.45) is 9.12. The second-order valence-corrected chi connectivity index (χ2v) is 4.87. The van der Waals surface area contributed by atoms with Crippen LogP contribution in [-0.2, 0) is 0 Å². The Morgan fingerprint density at radius 3 is 1.82 bits per heavy atom. The Hall–Kier alpha value is -0.0400. The van der Waals surface area contributed by atoms with Crippen LogP contribution in [0.2, 0.25) is 0 Å². The summed E-state index contributed by atoms with van der Waals surface area (Å²) in [4.78, 5) is 0. The molecule has 1 aliphatic heterocycles. The van der Waals surface area contributed by atoms with Crippen molar-refractivity contribution in [3.05, 3.63) is 0 Å². The van der Waals surface area contributed by atoms with Crippen LogP contribution in [-0.4, -0.2) is 13.1 Å². The van der Waals surface area contributed by atoms with E-state index in [0.717, 1.165) is 10.8 Å². The molecule has 1 heterocycles. The van der Waals surface area contributed by atoms with Crippen LogP contribution in [0.4, 0.5) is 0 Å². The van der Waals surface area contributed by atoms with E-state index in [4.69, 9.17) is 0 Å². The van der Waals surface area contributed by atoms with Crippen LogP contribution >= 0.6 is 0 Å². The van der Waals surface area contributed by atoms with Crippen molar-refractivity contribution >= 4 is 0 Å². The number of fused-ring (bicyclic) bond motifs is 1. The molecule has 62 valence electrons. The van der Waals surface area contributed by atoms with Crippen molar-refractivity contribution in [2.24, 2.45) is 10.8 Å². The molecule has 0 bridgehead atoms. The normalized spacial score (nSPS) is 37.1. The summed E-state index contributed by atoms with van der Waals surface area (Å²) in [5.41, 5.74) is 1.59. The summed E-state index contributed by atoms with van der Waals surface area (Å²) >= 11 is 0. The summed E-state index contributed by atoms with van der Waals surface area (Å²) in [6, 6.07) is 0. The summed E-state index contributed by atoms with van der Waals surface area (Å²) in [6.45, 7) is 2.68. The first-order valence-corrected chi connectivity index (χ1v) is 5.08. The van der Waals surface area contributed by atoms with Gasteiger partial charge in [0.1, 0.15) is 0 Å². The molecule has 11 heavy (non-hydrogen) atoms. The van der Waals surface area contributed by atoms with Gasteiger partial charge in [0.05, 0.1) is 0 Å². The van der Waals surface area contributed by atoms with Gasteiger partial charge in [-0.15, -0.1) is 0 Å². The Kier molecular flexibility index (Phi) is 1.07. The van der Waals surface area contributed by atoms with E-state index in [0.29, 0.717) is 0 Å². The quantitative estimate of drug-likeness (QED) is 0.558. The maximum atomic E-state index is 3.61.